The number of hydrogen-bond acceptors (Lipinski definition) is 3. The van der Waals surface area contributed by atoms with Crippen LogP contribution in [0.1, 0.15) is 36.3 Å². The first kappa shape index (κ1) is 22.4. The average molecular weight is 455 g/mol. The van der Waals surface area contributed by atoms with Crippen LogP contribution in [0, 0.1) is 5.82 Å². The van der Waals surface area contributed by atoms with Crippen molar-refractivity contribution in [3.05, 3.63) is 69.5 Å². The smallest absolute Gasteiger partial charge is 0.237 e. The van der Waals surface area contributed by atoms with Gasteiger partial charge < -0.3 is 4.90 Å². The van der Waals surface area contributed by atoms with E-state index in [4.69, 9.17) is 23.2 Å². The van der Waals surface area contributed by atoms with E-state index in [9.17, 15) is 9.18 Å². The van der Waals surface area contributed by atoms with Crippen LogP contribution in [0.2, 0.25) is 10.0 Å². The van der Waals surface area contributed by atoms with Crippen molar-refractivity contribution in [2.45, 2.75) is 31.7 Å². The Morgan fingerprint density at radius 3 is 2.69 bits per heavy atom. The third-order valence-corrected chi connectivity index (χ3v) is 6.81. The number of halogens is 3. The summed E-state index contributed by atoms with van der Waals surface area (Å²) in [6, 6.07) is 11.9. The molecule has 1 unspecified atom stereocenters. The number of amides is 1. The lowest BCUT2D eigenvalue weighted by Gasteiger charge is -2.28. The maximum atomic E-state index is 13.3. The first-order valence-corrected chi connectivity index (χ1v) is 11.6. The fourth-order valence-electron chi connectivity index (χ4n) is 3.40. The minimum absolute atomic E-state index is 0.0600. The van der Waals surface area contributed by atoms with Gasteiger partial charge in [-0.1, -0.05) is 54.7 Å². The van der Waals surface area contributed by atoms with Crippen LogP contribution < -0.4 is 0 Å². The largest absolute Gasteiger partial charge is 0.325 e. The van der Waals surface area contributed by atoms with Gasteiger partial charge in [0.15, 0.2) is 0 Å². The van der Waals surface area contributed by atoms with E-state index in [-0.39, 0.29) is 17.1 Å². The van der Waals surface area contributed by atoms with Gasteiger partial charge in [-0.2, -0.15) is 0 Å². The van der Waals surface area contributed by atoms with Gasteiger partial charge in [0.25, 0.3) is 0 Å². The van der Waals surface area contributed by atoms with Gasteiger partial charge in [0.2, 0.25) is 5.91 Å². The molecule has 0 saturated carbocycles. The molecule has 0 bridgehead atoms. The summed E-state index contributed by atoms with van der Waals surface area (Å²) < 4.78 is 13.3. The summed E-state index contributed by atoms with van der Waals surface area (Å²) in [4.78, 5) is 17.2. The van der Waals surface area contributed by atoms with Crippen LogP contribution in [-0.4, -0.2) is 41.1 Å². The second-order valence-corrected chi connectivity index (χ2v) is 9.19. The molecule has 1 saturated heterocycles. The second kappa shape index (κ2) is 10.7. The molecular formula is C22H25Cl2FN2OS. The molecule has 1 heterocycles. The Balaban J connectivity index is 1.70. The molecule has 0 spiro atoms. The highest BCUT2D eigenvalue weighted by atomic mass is 35.5. The third-order valence-electron chi connectivity index (χ3n) is 4.96. The molecule has 0 aliphatic carbocycles. The van der Waals surface area contributed by atoms with Gasteiger partial charge in [-0.3, -0.25) is 9.69 Å². The van der Waals surface area contributed by atoms with Crippen LogP contribution in [0.5, 0.6) is 0 Å². The quantitative estimate of drug-likeness (QED) is 0.487. The third kappa shape index (κ3) is 6.11. The first-order chi connectivity index (χ1) is 14.0. The predicted octanol–water partition coefficient (Wildman–Crippen LogP) is 6.01. The van der Waals surface area contributed by atoms with E-state index >= 15 is 0 Å². The lowest BCUT2D eigenvalue weighted by molar-refractivity contribution is -0.132. The van der Waals surface area contributed by atoms with Crippen LogP contribution in [0.3, 0.4) is 0 Å². The van der Waals surface area contributed by atoms with Gasteiger partial charge in [0.1, 0.15) is 11.2 Å². The lowest BCUT2D eigenvalue weighted by atomic mass is 10.2. The SMILES string of the molecule is CCCCN(CC(=O)N1CCSC1c1ccc(F)cc1)Cc1ccc(Cl)cc1Cl. The molecule has 29 heavy (non-hydrogen) atoms. The van der Waals surface area contributed by atoms with Gasteiger partial charge >= 0.3 is 0 Å². The number of carbonyl (C=O) groups is 1. The van der Waals surface area contributed by atoms with E-state index in [1.165, 1.54) is 12.1 Å². The predicted molar refractivity (Wildman–Crippen MR) is 120 cm³/mol. The Labute approximate surface area is 186 Å². The number of nitrogens with zero attached hydrogens (tertiary/aromatic N) is 2. The fraction of sp³-hybridized carbons (Fsp3) is 0.409. The Hall–Kier alpha value is -1.27. The van der Waals surface area contributed by atoms with Crippen molar-refractivity contribution in [1.29, 1.82) is 0 Å². The minimum Gasteiger partial charge on any atom is -0.325 e. The topological polar surface area (TPSA) is 23.6 Å². The van der Waals surface area contributed by atoms with Crippen molar-refractivity contribution in [2.75, 3.05) is 25.4 Å². The molecule has 2 aromatic rings. The number of thioether (sulfide) groups is 1. The van der Waals surface area contributed by atoms with Gasteiger partial charge in [-0.05, 0) is 48.4 Å². The van der Waals surface area contributed by atoms with Crippen LogP contribution in [-0.2, 0) is 11.3 Å². The van der Waals surface area contributed by atoms with Crippen molar-refractivity contribution in [1.82, 2.24) is 9.80 Å². The molecule has 1 atom stereocenters. The average Bonchev–Trinajstić information content (AvgIpc) is 3.18. The summed E-state index contributed by atoms with van der Waals surface area (Å²) in [5.41, 5.74) is 1.92. The van der Waals surface area contributed by atoms with E-state index in [1.54, 1.807) is 30.0 Å². The zero-order chi connectivity index (χ0) is 20.8. The molecule has 0 aromatic heterocycles. The van der Waals surface area contributed by atoms with E-state index in [0.717, 1.165) is 36.3 Å². The van der Waals surface area contributed by atoms with Crippen molar-refractivity contribution in [3.63, 3.8) is 0 Å². The molecule has 1 aliphatic rings. The highest BCUT2D eigenvalue weighted by Crippen LogP contribution is 2.38. The van der Waals surface area contributed by atoms with Crippen LogP contribution in [0.4, 0.5) is 4.39 Å². The number of hydrogen-bond donors (Lipinski definition) is 0. The Morgan fingerprint density at radius 1 is 1.24 bits per heavy atom. The summed E-state index contributed by atoms with van der Waals surface area (Å²) in [7, 11) is 0. The Bertz CT molecular complexity index is 834. The Morgan fingerprint density at radius 2 is 2.00 bits per heavy atom. The number of rotatable bonds is 8. The van der Waals surface area contributed by atoms with Crippen LogP contribution in [0.25, 0.3) is 0 Å². The van der Waals surface area contributed by atoms with Crippen LogP contribution in [0.15, 0.2) is 42.5 Å². The lowest BCUT2D eigenvalue weighted by Crippen LogP contribution is -2.40. The van der Waals surface area contributed by atoms with Crippen molar-refractivity contribution in [2.24, 2.45) is 0 Å². The monoisotopic (exact) mass is 454 g/mol. The van der Waals surface area contributed by atoms with Gasteiger partial charge in [0.05, 0.1) is 6.54 Å². The normalized spacial score (nSPS) is 16.6. The summed E-state index contributed by atoms with van der Waals surface area (Å²) in [5.74, 6) is 0.705. The molecule has 0 N–H and O–H groups in total. The molecule has 7 heteroatoms. The number of unbranched alkanes of at least 4 members (excludes halogenated alkanes) is 1. The van der Waals surface area contributed by atoms with E-state index < -0.39 is 0 Å². The molecule has 2 aromatic carbocycles. The maximum absolute atomic E-state index is 13.3. The summed E-state index contributed by atoms with van der Waals surface area (Å²) in [6.45, 7) is 4.59. The highest BCUT2D eigenvalue weighted by Gasteiger charge is 2.31. The van der Waals surface area contributed by atoms with Crippen molar-refractivity contribution >= 4 is 40.9 Å². The Kier molecular flexibility index (Phi) is 8.25. The molecule has 1 aliphatic heterocycles. The van der Waals surface area contributed by atoms with Gasteiger partial charge in [-0.15, -0.1) is 11.8 Å². The van der Waals surface area contributed by atoms with Crippen molar-refractivity contribution in [3.8, 4) is 0 Å². The maximum Gasteiger partial charge on any atom is 0.237 e. The molecular weight excluding hydrogens is 430 g/mol. The fourth-order valence-corrected chi connectivity index (χ4v) is 5.14. The molecule has 3 rings (SSSR count). The highest BCUT2D eigenvalue weighted by molar-refractivity contribution is 7.99. The zero-order valence-corrected chi connectivity index (χ0v) is 18.7. The second-order valence-electron chi connectivity index (χ2n) is 7.16. The van der Waals surface area contributed by atoms with Gasteiger partial charge in [0, 0.05) is 28.9 Å². The summed E-state index contributed by atoms with van der Waals surface area (Å²) in [6.07, 6.45) is 2.06. The van der Waals surface area contributed by atoms with E-state index in [1.807, 2.05) is 17.0 Å². The molecule has 156 valence electrons. The standard InChI is InChI=1S/C22H25Cl2FN2OS/c1-2-3-10-26(14-17-4-7-18(23)13-20(17)24)15-21(28)27-11-12-29-22(27)16-5-8-19(25)9-6-16/h4-9,13,22H,2-3,10-12,14-15H2,1H3. The van der Waals surface area contributed by atoms with Crippen molar-refractivity contribution < 1.29 is 9.18 Å². The first-order valence-electron chi connectivity index (χ1n) is 9.80. The van der Waals surface area contributed by atoms with Gasteiger partial charge in [-0.25, -0.2) is 4.39 Å². The minimum atomic E-state index is -0.264. The molecule has 0 radical (unpaired) electrons. The van der Waals surface area contributed by atoms with E-state index in [0.29, 0.717) is 29.7 Å². The zero-order valence-electron chi connectivity index (χ0n) is 16.4. The summed E-state index contributed by atoms with van der Waals surface area (Å²) in [5, 5.41) is 1.16. The number of benzene rings is 2. The number of carbonyl (C=O) groups excluding carboxylic acids is 1. The molecule has 1 fully saturated rings. The summed E-state index contributed by atoms with van der Waals surface area (Å²) >= 11 is 14.1. The van der Waals surface area contributed by atoms with E-state index in [2.05, 4.69) is 11.8 Å². The molecule has 3 nitrogen and oxygen atoms in total. The van der Waals surface area contributed by atoms with Crippen LogP contribution >= 0.6 is 35.0 Å². The molecule has 1 amide bonds.